The molecule has 4 unspecified atom stereocenters. The van der Waals surface area contributed by atoms with Crippen LogP contribution in [-0.4, -0.2) is 65.8 Å². The maximum absolute atomic E-state index is 12.5. The molecule has 0 aliphatic carbocycles. The summed E-state index contributed by atoms with van der Waals surface area (Å²) in [5.41, 5.74) is -2.59. The van der Waals surface area contributed by atoms with Crippen LogP contribution in [-0.2, 0) is 23.8 Å². The monoisotopic (exact) mass is 403 g/mol. The van der Waals surface area contributed by atoms with Crippen LogP contribution in [0.5, 0.6) is 0 Å². The summed E-state index contributed by atoms with van der Waals surface area (Å²) in [5.74, 6) is 1.07. The van der Waals surface area contributed by atoms with Crippen LogP contribution in [0, 0.1) is 12.3 Å². The minimum Gasteiger partial charge on any atom is -0.462 e. The van der Waals surface area contributed by atoms with E-state index in [-0.39, 0.29) is 5.82 Å². The first kappa shape index (κ1) is 20.2. The molecule has 3 heterocycles. The molecule has 0 bridgehead atoms. The molecule has 1 aliphatic rings. The fourth-order valence-electron chi connectivity index (χ4n) is 2.88. The number of nitrogens with zero attached hydrogens (tertiary/aromatic N) is 5. The fraction of sp³-hybridized carbons (Fsp3) is 0.412. The Morgan fingerprint density at radius 3 is 2.72 bits per heavy atom. The molecule has 1 N–H and O–H groups in total. The second-order valence-corrected chi connectivity index (χ2v) is 6.16. The van der Waals surface area contributed by atoms with Crippen LogP contribution < -0.4 is 5.69 Å². The summed E-state index contributed by atoms with van der Waals surface area (Å²) in [6.45, 7) is 1.78. The highest BCUT2D eigenvalue weighted by Gasteiger charge is 2.58. The van der Waals surface area contributed by atoms with Gasteiger partial charge >= 0.3 is 17.6 Å². The minimum atomic E-state index is -1.80. The van der Waals surface area contributed by atoms with E-state index in [1.807, 2.05) is 0 Å². The van der Waals surface area contributed by atoms with Gasteiger partial charge in [-0.15, -0.1) is 6.42 Å². The van der Waals surface area contributed by atoms with Gasteiger partial charge in [-0.25, -0.2) is 14.5 Å². The van der Waals surface area contributed by atoms with Crippen LogP contribution in [0.3, 0.4) is 0 Å². The molecule has 0 amide bonds. The molecule has 12 heteroatoms. The Balaban J connectivity index is 1.97. The third-order valence-corrected chi connectivity index (χ3v) is 4.16. The fourth-order valence-corrected chi connectivity index (χ4v) is 2.88. The number of esters is 2. The molecule has 1 aliphatic heterocycles. The average molecular weight is 403 g/mol. The van der Waals surface area contributed by atoms with E-state index < -0.39 is 48.3 Å². The first-order chi connectivity index (χ1) is 13.8. The zero-order valence-electron chi connectivity index (χ0n) is 15.5. The molecule has 0 aromatic carbocycles. The number of aliphatic hydroxyl groups excluding tert-OH is 1. The van der Waals surface area contributed by atoms with Crippen LogP contribution in [0.2, 0.25) is 0 Å². The molecular formula is C17H17N5O7. The molecule has 4 atom stereocenters. The quantitative estimate of drug-likeness (QED) is 0.466. The van der Waals surface area contributed by atoms with Crippen molar-refractivity contribution in [3.63, 3.8) is 0 Å². The van der Waals surface area contributed by atoms with E-state index in [9.17, 15) is 19.5 Å². The normalized spacial score (nSPS) is 25.9. The molecule has 0 spiro atoms. The lowest BCUT2D eigenvalue weighted by atomic mass is 9.96. The molecular weight excluding hydrogens is 386 g/mol. The van der Waals surface area contributed by atoms with Gasteiger partial charge in [0, 0.05) is 20.0 Å². The smallest absolute Gasteiger partial charge is 0.351 e. The predicted molar refractivity (Wildman–Crippen MR) is 93.3 cm³/mol. The summed E-state index contributed by atoms with van der Waals surface area (Å²) < 4.78 is 18.0. The molecule has 2 aromatic rings. The number of terminal acetylenes is 1. The molecule has 12 nitrogen and oxygen atoms in total. The molecule has 0 radical (unpaired) electrons. The van der Waals surface area contributed by atoms with Crippen LogP contribution in [0.15, 0.2) is 29.7 Å². The van der Waals surface area contributed by atoms with Crippen LogP contribution in [0.1, 0.15) is 20.1 Å². The van der Waals surface area contributed by atoms with E-state index in [4.69, 9.17) is 20.6 Å². The Kier molecular flexibility index (Phi) is 5.44. The lowest BCUT2D eigenvalue weighted by Gasteiger charge is -2.28. The standard InChI is InChI=1S/C17H17N5O7/c1-4-17(7-27-10(2)23)14(28-11(3)24)13(25)15(29-17)21-6-5-12(20-16(21)26)22-9-18-8-19-22/h1,5-6,8-9,13-15,25H,7H2,2-3H3. The third kappa shape index (κ3) is 3.86. The summed E-state index contributed by atoms with van der Waals surface area (Å²) in [5, 5.41) is 14.6. The number of hydrogen-bond acceptors (Lipinski definition) is 10. The van der Waals surface area contributed by atoms with Gasteiger partial charge < -0.3 is 19.3 Å². The first-order valence-electron chi connectivity index (χ1n) is 8.36. The van der Waals surface area contributed by atoms with Crippen LogP contribution >= 0.6 is 0 Å². The Labute approximate surface area is 164 Å². The largest absolute Gasteiger partial charge is 0.462 e. The van der Waals surface area contributed by atoms with E-state index in [1.54, 1.807) is 0 Å². The molecule has 3 rings (SSSR count). The molecule has 1 fully saturated rings. The SMILES string of the molecule is C#CC1(COC(C)=O)OC(n2ccc(-n3cncn3)nc2=O)C(O)C1OC(C)=O. The summed E-state index contributed by atoms with van der Waals surface area (Å²) >= 11 is 0. The second kappa shape index (κ2) is 7.82. The molecule has 1 saturated heterocycles. The lowest BCUT2D eigenvalue weighted by Crippen LogP contribution is -2.48. The molecule has 152 valence electrons. The highest BCUT2D eigenvalue weighted by molar-refractivity contribution is 5.67. The van der Waals surface area contributed by atoms with Crippen molar-refractivity contribution in [2.24, 2.45) is 0 Å². The van der Waals surface area contributed by atoms with Crippen molar-refractivity contribution < 1.29 is 28.9 Å². The van der Waals surface area contributed by atoms with E-state index in [2.05, 4.69) is 21.0 Å². The van der Waals surface area contributed by atoms with Gasteiger partial charge in [0.25, 0.3) is 0 Å². The Hall–Kier alpha value is -3.56. The Bertz CT molecular complexity index is 1010. The van der Waals surface area contributed by atoms with Gasteiger partial charge in [-0.1, -0.05) is 5.92 Å². The third-order valence-electron chi connectivity index (χ3n) is 4.16. The summed E-state index contributed by atoms with van der Waals surface area (Å²) in [6, 6.07) is 1.44. The van der Waals surface area contributed by atoms with Crippen molar-refractivity contribution in [1.82, 2.24) is 24.3 Å². The van der Waals surface area contributed by atoms with E-state index in [1.165, 1.54) is 29.6 Å². The van der Waals surface area contributed by atoms with Gasteiger partial charge in [-0.2, -0.15) is 10.1 Å². The maximum atomic E-state index is 12.5. The summed E-state index contributed by atoms with van der Waals surface area (Å²) in [6.07, 6.45) is 5.21. The number of ether oxygens (including phenoxy) is 3. The van der Waals surface area contributed by atoms with Crippen LogP contribution in [0.4, 0.5) is 0 Å². The van der Waals surface area contributed by atoms with E-state index in [0.717, 1.165) is 18.4 Å². The average Bonchev–Trinajstić information content (AvgIpc) is 3.29. The van der Waals surface area contributed by atoms with Gasteiger partial charge in [-0.05, 0) is 6.07 Å². The number of aromatic nitrogens is 5. The lowest BCUT2D eigenvalue weighted by molar-refractivity contribution is -0.165. The van der Waals surface area contributed by atoms with Crippen molar-refractivity contribution in [2.75, 3.05) is 6.61 Å². The number of aliphatic hydroxyl groups is 1. The van der Waals surface area contributed by atoms with Gasteiger partial charge in [0.15, 0.2) is 18.1 Å². The van der Waals surface area contributed by atoms with Crippen molar-refractivity contribution in [3.8, 4) is 18.2 Å². The highest BCUT2D eigenvalue weighted by Crippen LogP contribution is 2.38. The topological polar surface area (TPSA) is 148 Å². The molecule has 29 heavy (non-hydrogen) atoms. The Morgan fingerprint density at radius 2 is 2.17 bits per heavy atom. The number of rotatable bonds is 5. The van der Waals surface area contributed by atoms with Crippen molar-refractivity contribution in [3.05, 3.63) is 35.4 Å². The predicted octanol–water partition coefficient (Wildman–Crippen LogP) is -1.42. The van der Waals surface area contributed by atoms with E-state index >= 15 is 0 Å². The number of hydrogen-bond donors (Lipinski definition) is 1. The second-order valence-electron chi connectivity index (χ2n) is 6.16. The number of carbonyl (C=O) groups is 2. The van der Waals surface area contributed by atoms with Crippen molar-refractivity contribution >= 4 is 11.9 Å². The zero-order chi connectivity index (χ0) is 21.2. The zero-order valence-corrected chi connectivity index (χ0v) is 15.5. The Morgan fingerprint density at radius 1 is 1.41 bits per heavy atom. The van der Waals surface area contributed by atoms with Gasteiger partial charge in [0.1, 0.15) is 25.4 Å². The van der Waals surface area contributed by atoms with Gasteiger partial charge in [0.05, 0.1) is 0 Å². The van der Waals surface area contributed by atoms with Gasteiger partial charge in [-0.3, -0.25) is 14.2 Å². The minimum absolute atomic E-state index is 0.191. The van der Waals surface area contributed by atoms with Crippen molar-refractivity contribution in [1.29, 1.82) is 0 Å². The maximum Gasteiger partial charge on any atom is 0.351 e. The molecule has 0 saturated carbocycles. The van der Waals surface area contributed by atoms with E-state index in [0.29, 0.717) is 0 Å². The van der Waals surface area contributed by atoms with Gasteiger partial charge in [0.2, 0.25) is 5.60 Å². The van der Waals surface area contributed by atoms with Crippen LogP contribution in [0.25, 0.3) is 5.82 Å². The molecule has 2 aromatic heterocycles. The summed E-state index contributed by atoms with van der Waals surface area (Å²) in [4.78, 5) is 42.9. The number of carbonyl (C=O) groups excluding carboxylic acids is 2. The highest BCUT2D eigenvalue weighted by atomic mass is 16.6. The summed E-state index contributed by atoms with van der Waals surface area (Å²) in [7, 11) is 0. The first-order valence-corrected chi connectivity index (χ1v) is 8.36. The van der Waals surface area contributed by atoms with Crippen molar-refractivity contribution in [2.45, 2.75) is 37.9 Å².